The number of carboxylic acids is 1. The third-order valence-electron chi connectivity index (χ3n) is 2.96. The molecule has 12 heteroatoms. The van der Waals surface area contributed by atoms with Crippen LogP contribution < -0.4 is 10.1 Å². The van der Waals surface area contributed by atoms with E-state index in [4.69, 9.17) is 9.84 Å². The predicted molar refractivity (Wildman–Crippen MR) is 88.1 cm³/mol. The van der Waals surface area contributed by atoms with E-state index < -0.39 is 33.5 Å². The second-order valence-corrected chi connectivity index (χ2v) is 5.88. The summed E-state index contributed by atoms with van der Waals surface area (Å²) in [5, 5.41) is 38.5. The molecule has 0 aromatic heterocycles. The lowest BCUT2D eigenvalue weighted by Crippen LogP contribution is -2.26. The molecule has 1 aromatic carbocycles. The van der Waals surface area contributed by atoms with Gasteiger partial charge in [0.2, 0.25) is 11.7 Å². The van der Waals surface area contributed by atoms with Crippen molar-refractivity contribution in [2.24, 2.45) is 10.2 Å². The van der Waals surface area contributed by atoms with Gasteiger partial charge in [0.05, 0.1) is 24.7 Å². The summed E-state index contributed by atoms with van der Waals surface area (Å²) >= 11 is 0.917. The minimum atomic E-state index is -1.11. The second-order valence-electron chi connectivity index (χ2n) is 4.69. The quantitative estimate of drug-likeness (QED) is 0.375. The summed E-state index contributed by atoms with van der Waals surface area (Å²) in [5.41, 5.74) is -0.257. The minimum Gasteiger partial charge on any atom is -0.504 e. The van der Waals surface area contributed by atoms with Crippen LogP contribution in [0.1, 0.15) is 12.0 Å². The molecule has 1 unspecified atom stereocenters. The summed E-state index contributed by atoms with van der Waals surface area (Å²) in [7, 11) is 1.19. The molecule has 1 aliphatic rings. The zero-order valence-electron chi connectivity index (χ0n) is 12.7. The molecule has 1 aromatic rings. The van der Waals surface area contributed by atoms with Gasteiger partial charge in [0.25, 0.3) is 0 Å². The fourth-order valence-corrected chi connectivity index (χ4v) is 2.85. The first-order valence-electron chi connectivity index (χ1n) is 6.67. The van der Waals surface area contributed by atoms with Crippen LogP contribution in [0.25, 0.3) is 0 Å². The number of nitro benzene ring substituents is 1. The molecule has 25 heavy (non-hydrogen) atoms. The average Bonchev–Trinajstić information content (AvgIpc) is 2.85. The Hall–Kier alpha value is -3.15. The second kappa shape index (κ2) is 7.61. The summed E-state index contributed by atoms with van der Waals surface area (Å²) in [6.07, 6.45) is 0.786. The molecule has 1 saturated heterocycles. The number of nitrogens with zero attached hydrogens (tertiary/aromatic N) is 3. The van der Waals surface area contributed by atoms with Gasteiger partial charge in [0.15, 0.2) is 10.9 Å². The summed E-state index contributed by atoms with van der Waals surface area (Å²) in [6, 6.07) is 2.33. The number of thioether (sulfide) groups is 1. The predicted octanol–water partition coefficient (Wildman–Crippen LogP) is 0.705. The fraction of sp³-hybridized carbons (Fsp3) is 0.231. The van der Waals surface area contributed by atoms with Crippen LogP contribution in [0.5, 0.6) is 11.5 Å². The smallest absolute Gasteiger partial charge is 0.315 e. The number of benzene rings is 1. The molecular weight excluding hydrogens is 356 g/mol. The van der Waals surface area contributed by atoms with Crippen LogP contribution in [-0.2, 0) is 9.59 Å². The van der Waals surface area contributed by atoms with Gasteiger partial charge in [0.1, 0.15) is 5.25 Å². The molecule has 2 rings (SSSR count). The molecule has 1 aliphatic heterocycles. The van der Waals surface area contributed by atoms with Crippen LogP contribution in [0, 0.1) is 10.1 Å². The number of amides is 1. The first-order valence-corrected chi connectivity index (χ1v) is 7.55. The van der Waals surface area contributed by atoms with Crippen molar-refractivity contribution in [2.45, 2.75) is 11.7 Å². The lowest BCUT2D eigenvalue weighted by Gasteiger charge is -2.04. The van der Waals surface area contributed by atoms with Crippen molar-refractivity contribution in [3.63, 3.8) is 0 Å². The molecule has 0 aliphatic carbocycles. The molecule has 1 amide bonds. The highest BCUT2D eigenvalue weighted by molar-refractivity contribution is 8.15. The van der Waals surface area contributed by atoms with E-state index in [2.05, 4.69) is 15.5 Å². The number of nitrogens with one attached hydrogen (secondary N) is 1. The van der Waals surface area contributed by atoms with E-state index in [9.17, 15) is 24.8 Å². The minimum absolute atomic E-state index is 0.111. The van der Waals surface area contributed by atoms with Crippen molar-refractivity contribution >= 4 is 40.7 Å². The zero-order chi connectivity index (χ0) is 18.6. The number of phenolic OH excluding ortho intramolecular Hbond substituents is 1. The number of methoxy groups -OCH3 is 1. The Bertz CT molecular complexity index is 793. The number of carbonyl (C=O) groups excluding carboxylic acids is 1. The summed E-state index contributed by atoms with van der Waals surface area (Å²) in [4.78, 5) is 32.4. The molecule has 1 heterocycles. The highest BCUT2D eigenvalue weighted by Crippen LogP contribution is 2.36. The number of nitro groups is 1. The summed E-state index contributed by atoms with van der Waals surface area (Å²) < 4.78 is 4.77. The molecular formula is C13H12N4O7S. The molecule has 3 N–H and O–H groups in total. The number of amidine groups is 1. The van der Waals surface area contributed by atoms with Crippen molar-refractivity contribution < 1.29 is 29.5 Å². The summed E-state index contributed by atoms with van der Waals surface area (Å²) in [5.74, 6) is -2.31. The molecule has 11 nitrogen and oxygen atoms in total. The first-order chi connectivity index (χ1) is 11.8. The van der Waals surface area contributed by atoms with Gasteiger partial charge in [-0.1, -0.05) is 11.8 Å². The number of aromatic hydroxyl groups is 1. The van der Waals surface area contributed by atoms with Gasteiger partial charge >= 0.3 is 11.7 Å². The summed E-state index contributed by atoms with van der Waals surface area (Å²) in [6.45, 7) is 0. The Labute approximate surface area is 144 Å². The first kappa shape index (κ1) is 18.2. The molecule has 0 radical (unpaired) electrons. The fourth-order valence-electron chi connectivity index (χ4n) is 1.93. The number of hydrogen-bond donors (Lipinski definition) is 3. The van der Waals surface area contributed by atoms with Crippen molar-refractivity contribution in [1.29, 1.82) is 0 Å². The highest BCUT2D eigenvalue weighted by atomic mass is 32.2. The number of hydrogen-bond acceptors (Lipinski definition) is 9. The molecule has 0 saturated carbocycles. The Morgan fingerprint density at radius 1 is 1.56 bits per heavy atom. The third-order valence-corrected chi connectivity index (χ3v) is 4.04. The molecule has 0 bridgehead atoms. The van der Waals surface area contributed by atoms with Crippen molar-refractivity contribution in [3.8, 4) is 11.5 Å². The van der Waals surface area contributed by atoms with Crippen molar-refractivity contribution in [2.75, 3.05) is 7.11 Å². The van der Waals surface area contributed by atoms with Gasteiger partial charge in [-0.15, -0.1) is 5.10 Å². The molecule has 132 valence electrons. The highest BCUT2D eigenvalue weighted by Gasteiger charge is 2.32. The van der Waals surface area contributed by atoms with E-state index in [0.717, 1.165) is 24.0 Å². The van der Waals surface area contributed by atoms with Gasteiger partial charge < -0.3 is 20.3 Å². The van der Waals surface area contributed by atoms with Gasteiger partial charge in [-0.2, -0.15) is 5.10 Å². The number of phenols is 1. The third kappa shape index (κ3) is 4.44. The van der Waals surface area contributed by atoms with Gasteiger partial charge in [-0.05, 0) is 6.07 Å². The number of carbonyl (C=O) groups is 2. The topological polar surface area (TPSA) is 164 Å². The number of rotatable bonds is 6. The largest absolute Gasteiger partial charge is 0.504 e. The maximum Gasteiger partial charge on any atom is 0.315 e. The maximum atomic E-state index is 11.5. The number of ether oxygens (including phenoxy) is 1. The van der Waals surface area contributed by atoms with E-state index in [0.29, 0.717) is 0 Å². The van der Waals surface area contributed by atoms with Crippen LogP contribution in [0.4, 0.5) is 5.69 Å². The Kier molecular flexibility index (Phi) is 5.54. The van der Waals surface area contributed by atoms with Crippen molar-refractivity contribution in [1.82, 2.24) is 5.32 Å². The molecule has 1 atom stereocenters. The van der Waals surface area contributed by atoms with E-state index in [1.54, 1.807) is 0 Å². The van der Waals surface area contributed by atoms with E-state index in [1.165, 1.54) is 13.2 Å². The van der Waals surface area contributed by atoms with Crippen LogP contribution >= 0.6 is 11.8 Å². The van der Waals surface area contributed by atoms with Crippen LogP contribution in [0.2, 0.25) is 0 Å². The lowest BCUT2D eigenvalue weighted by atomic mass is 10.2. The van der Waals surface area contributed by atoms with E-state index in [1.807, 2.05) is 0 Å². The standard InChI is InChI=1S/C13H12N4O7S/c1-24-11-7(17(22)23)2-6(3-8(11)18)5-14-16-13-15-12(21)9(25-13)4-10(19)20/h2-3,5,9,18H,4H2,1H3,(H,19,20)(H,15,16,21). The van der Waals surface area contributed by atoms with Gasteiger partial charge in [0, 0.05) is 11.6 Å². The monoisotopic (exact) mass is 368 g/mol. The maximum absolute atomic E-state index is 11.5. The van der Waals surface area contributed by atoms with E-state index in [-0.39, 0.29) is 22.9 Å². The van der Waals surface area contributed by atoms with Crippen LogP contribution in [0.3, 0.4) is 0 Å². The number of aliphatic carboxylic acids is 1. The van der Waals surface area contributed by atoms with E-state index >= 15 is 0 Å². The van der Waals surface area contributed by atoms with Crippen molar-refractivity contribution in [3.05, 3.63) is 27.8 Å². The Balaban J connectivity index is 2.16. The molecule has 0 spiro atoms. The number of carboxylic acid groups (broad SMARTS) is 1. The van der Waals surface area contributed by atoms with Gasteiger partial charge in [-0.3, -0.25) is 19.7 Å². The SMILES string of the molecule is COc1c(O)cc(C=NN=C2NC(=O)C(CC(=O)O)S2)cc1[N+](=O)[O-]. The molecule has 1 fully saturated rings. The Morgan fingerprint density at radius 2 is 2.28 bits per heavy atom. The normalized spacial score (nSPS) is 18.5. The average molecular weight is 368 g/mol. The Morgan fingerprint density at radius 3 is 2.88 bits per heavy atom. The van der Waals surface area contributed by atoms with Gasteiger partial charge in [-0.25, -0.2) is 0 Å². The zero-order valence-corrected chi connectivity index (χ0v) is 13.5. The van der Waals surface area contributed by atoms with Crippen LogP contribution in [-0.4, -0.2) is 50.8 Å². The van der Waals surface area contributed by atoms with Crippen LogP contribution in [0.15, 0.2) is 22.3 Å². The lowest BCUT2D eigenvalue weighted by molar-refractivity contribution is -0.385.